The SMILES string of the molecule is CCSSCC(C)(C)C. The summed E-state index contributed by atoms with van der Waals surface area (Å²) < 4.78 is 0. The lowest BCUT2D eigenvalue weighted by molar-refractivity contribution is 0.482. The fraction of sp³-hybridized carbons (Fsp3) is 1.00. The van der Waals surface area contributed by atoms with Crippen LogP contribution in [-0.2, 0) is 0 Å². The summed E-state index contributed by atoms with van der Waals surface area (Å²) in [4.78, 5) is 0. The van der Waals surface area contributed by atoms with Crippen molar-refractivity contribution in [2.75, 3.05) is 11.5 Å². The standard InChI is InChI=1S/C7H16S2/c1-5-8-9-6-7(2,3)4/h5-6H2,1-4H3. The highest BCUT2D eigenvalue weighted by molar-refractivity contribution is 8.76. The molecule has 0 N–H and O–H groups in total. The highest BCUT2D eigenvalue weighted by Gasteiger charge is 2.08. The molecule has 0 atom stereocenters. The molecule has 0 saturated carbocycles. The van der Waals surface area contributed by atoms with Gasteiger partial charge in [0.25, 0.3) is 0 Å². The zero-order valence-corrected chi connectivity index (χ0v) is 8.36. The van der Waals surface area contributed by atoms with Gasteiger partial charge >= 0.3 is 0 Å². The maximum atomic E-state index is 2.27. The van der Waals surface area contributed by atoms with E-state index in [0.29, 0.717) is 5.41 Å². The second-order valence-corrected chi connectivity index (χ2v) is 5.98. The summed E-state index contributed by atoms with van der Waals surface area (Å²) in [7, 11) is 3.93. The Morgan fingerprint density at radius 1 is 1.11 bits per heavy atom. The lowest BCUT2D eigenvalue weighted by Gasteiger charge is -2.15. The Kier molecular flexibility index (Phi) is 4.86. The molecule has 0 radical (unpaired) electrons. The molecule has 0 aromatic carbocycles. The van der Waals surface area contributed by atoms with Crippen molar-refractivity contribution in [2.45, 2.75) is 27.7 Å². The number of hydrogen-bond donors (Lipinski definition) is 0. The van der Waals surface area contributed by atoms with Gasteiger partial charge in [0.15, 0.2) is 0 Å². The number of rotatable bonds is 3. The van der Waals surface area contributed by atoms with Crippen molar-refractivity contribution in [2.24, 2.45) is 5.41 Å². The molecular weight excluding hydrogens is 148 g/mol. The van der Waals surface area contributed by atoms with E-state index < -0.39 is 0 Å². The molecule has 0 aliphatic heterocycles. The minimum atomic E-state index is 0.493. The van der Waals surface area contributed by atoms with Crippen LogP contribution in [0.5, 0.6) is 0 Å². The minimum Gasteiger partial charge on any atom is -0.0944 e. The summed E-state index contributed by atoms with van der Waals surface area (Å²) in [6.45, 7) is 9.02. The fourth-order valence-electron chi connectivity index (χ4n) is 0.302. The molecule has 0 rings (SSSR count). The Hall–Kier alpha value is 0.700. The Balaban J connectivity index is 3.07. The van der Waals surface area contributed by atoms with Gasteiger partial charge in [-0.3, -0.25) is 0 Å². The van der Waals surface area contributed by atoms with E-state index in [0.717, 1.165) is 0 Å². The Morgan fingerprint density at radius 2 is 1.67 bits per heavy atom. The van der Waals surface area contributed by atoms with Crippen molar-refractivity contribution < 1.29 is 0 Å². The molecule has 0 aromatic rings. The van der Waals surface area contributed by atoms with Crippen molar-refractivity contribution in [3.63, 3.8) is 0 Å². The summed E-state index contributed by atoms with van der Waals surface area (Å²) in [5.74, 6) is 2.48. The topological polar surface area (TPSA) is 0 Å². The maximum Gasteiger partial charge on any atom is 0.00856 e. The lowest BCUT2D eigenvalue weighted by Crippen LogP contribution is -2.06. The van der Waals surface area contributed by atoms with E-state index in [9.17, 15) is 0 Å². The first kappa shape index (κ1) is 9.70. The van der Waals surface area contributed by atoms with Crippen LogP contribution in [0.3, 0.4) is 0 Å². The molecule has 9 heavy (non-hydrogen) atoms. The van der Waals surface area contributed by atoms with Crippen molar-refractivity contribution in [1.29, 1.82) is 0 Å². The summed E-state index contributed by atoms with van der Waals surface area (Å²) in [6.07, 6.45) is 0. The third-order valence-electron chi connectivity index (χ3n) is 0.693. The molecule has 0 aliphatic rings. The molecule has 0 nitrogen and oxygen atoms in total. The molecule has 56 valence electrons. The normalized spacial score (nSPS) is 12.0. The van der Waals surface area contributed by atoms with Crippen LogP contribution in [0.1, 0.15) is 27.7 Å². The van der Waals surface area contributed by atoms with E-state index in [-0.39, 0.29) is 0 Å². The first-order chi connectivity index (χ1) is 4.06. The van der Waals surface area contributed by atoms with Crippen molar-refractivity contribution >= 4 is 21.6 Å². The van der Waals surface area contributed by atoms with Gasteiger partial charge in [-0.2, -0.15) is 0 Å². The van der Waals surface area contributed by atoms with E-state index in [2.05, 4.69) is 27.7 Å². The van der Waals surface area contributed by atoms with Crippen LogP contribution in [-0.4, -0.2) is 11.5 Å². The molecule has 0 aliphatic carbocycles. The van der Waals surface area contributed by atoms with Gasteiger partial charge in [0.05, 0.1) is 0 Å². The summed E-state index contributed by atoms with van der Waals surface area (Å²) in [5.41, 5.74) is 0.493. The number of hydrogen-bond acceptors (Lipinski definition) is 2. The second-order valence-electron chi connectivity index (χ2n) is 3.23. The third kappa shape index (κ3) is 8.70. The molecule has 0 unspecified atom stereocenters. The molecule has 0 saturated heterocycles. The van der Waals surface area contributed by atoms with Crippen molar-refractivity contribution in [3.05, 3.63) is 0 Å². The predicted molar refractivity (Wildman–Crippen MR) is 50.0 cm³/mol. The average molecular weight is 164 g/mol. The third-order valence-corrected chi connectivity index (χ3v) is 3.64. The molecular formula is C7H16S2. The fourth-order valence-corrected chi connectivity index (χ4v) is 2.72. The zero-order valence-electron chi connectivity index (χ0n) is 6.73. The van der Waals surface area contributed by atoms with Crippen molar-refractivity contribution in [3.8, 4) is 0 Å². The smallest absolute Gasteiger partial charge is 0.00856 e. The quantitative estimate of drug-likeness (QED) is 0.463. The lowest BCUT2D eigenvalue weighted by atomic mass is 10.0. The van der Waals surface area contributed by atoms with E-state index in [4.69, 9.17) is 0 Å². The van der Waals surface area contributed by atoms with Crippen LogP contribution in [0.15, 0.2) is 0 Å². The minimum absolute atomic E-state index is 0.493. The van der Waals surface area contributed by atoms with Crippen LogP contribution >= 0.6 is 21.6 Å². The monoisotopic (exact) mass is 164 g/mol. The molecule has 0 amide bonds. The molecule has 0 fully saturated rings. The van der Waals surface area contributed by atoms with Gasteiger partial charge < -0.3 is 0 Å². The van der Waals surface area contributed by atoms with Gasteiger partial charge in [0, 0.05) is 11.5 Å². The van der Waals surface area contributed by atoms with Gasteiger partial charge in [0.2, 0.25) is 0 Å². The predicted octanol–water partition coefficient (Wildman–Crippen LogP) is 3.43. The van der Waals surface area contributed by atoms with Gasteiger partial charge in [-0.15, -0.1) is 0 Å². The van der Waals surface area contributed by atoms with E-state index >= 15 is 0 Å². The highest BCUT2D eigenvalue weighted by atomic mass is 33.1. The van der Waals surface area contributed by atoms with Crippen molar-refractivity contribution in [1.82, 2.24) is 0 Å². The largest absolute Gasteiger partial charge is 0.0944 e. The Bertz CT molecular complexity index is 63.8. The van der Waals surface area contributed by atoms with E-state index in [1.807, 2.05) is 21.6 Å². The summed E-state index contributed by atoms with van der Waals surface area (Å²) in [6, 6.07) is 0. The second kappa shape index (κ2) is 4.51. The van der Waals surface area contributed by atoms with Gasteiger partial charge in [-0.1, -0.05) is 49.3 Å². The first-order valence-electron chi connectivity index (χ1n) is 3.30. The van der Waals surface area contributed by atoms with Gasteiger partial charge in [-0.05, 0) is 5.41 Å². The Morgan fingerprint density at radius 3 is 2.00 bits per heavy atom. The van der Waals surface area contributed by atoms with E-state index in [1.165, 1.54) is 11.5 Å². The molecule has 0 aromatic heterocycles. The summed E-state index contributed by atoms with van der Waals surface area (Å²) in [5, 5.41) is 0. The maximum absolute atomic E-state index is 2.27. The molecule has 0 bridgehead atoms. The van der Waals surface area contributed by atoms with Crippen LogP contribution < -0.4 is 0 Å². The van der Waals surface area contributed by atoms with Crippen LogP contribution in [0.4, 0.5) is 0 Å². The molecule has 0 heterocycles. The van der Waals surface area contributed by atoms with E-state index in [1.54, 1.807) is 0 Å². The first-order valence-corrected chi connectivity index (χ1v) is 5.79. The average Bonchev–Trinajstić information content (AvgIpc) is 1.63. The highest BCUT2D eigenvalue weighted by Crippen LogP contribution is 2.28. The molecule has 0 spiro atoms. The summed E-state index contributed by atoms with van der Waals surface area (Å²) >= 11 is 0. The Labute approximate surface area is 66.6 Å². The van der Waals surface area contributed by atoms with Gasteiger partial charge in [0.1, 0.15) is 0 Å². The van der Waals surface area contributed by atoms with Crippen LogP contribution in [0.2, 0.25) is 0 Å². The zero-order chi connectivity index (χ0) is 7.33. The van der Waals surface area contributed by atoms with Crippen LogP contribution in [0.25, 0.3) is 0 Å². The molecule has 2 heteroatoms. The van der Waals surface area contributed by atoms with Gasteiger partial charge in [-0.25, -0.2) is 0 Å². The van der Waals surface area contributed by atoms with Crippen LogP contribution in [0, 0.1) is 5.41 Å².